The van der Waals surface area contributed by atoms with E-state index in [0.717, 1.165) is 44.9 Å². The van der Waals surface area contributed by atoms with Gasteiger partial charge in [0.25, 0.3) is 0 Å². The molecule has 0 aliphatic carbocycles. The average Bonchev–Trinajstić information content (AvgIpc) is 3.69. The number of aromatic nitrogens is 3. The van der Waals surface area contributed by atoms with Crippen molar-refractivity contribution in [1.29, 1.82) is 0 Å². The molecule has 3 heteroatoms. The zero-order valence-corrected chi connectivity index (χ0v) is 34.4. The van der Waals surface area contributed by atoms with Gasteiger partial charge in [-0.2, -0.15) is 0 Å². The van der Waals surface area contributed by atoms with Crippen molar-refractivity contribution in [1.82, 2.24) is 14.5 Å². The molecule has 12 rings (SSSR count). The van der Waals surface area contributed by atoms with Gasteiger partial charge >= 0.3 is 0 Å². The topological polar surface area (TPSA) is 30.7 Å². The van der Waals surface area contributed by atoms with Gasteiger partial charge in [0, 0.05) is 33.2 Å². The van der Waals surface area contributed by atoms with Crippen LogP contribution in [0, 0.1) is 0 Å². The second-order valence-corrected chi connectivity index (χ2v) is 16.2. The highest BCUT2D eigenvalue weighted by Gasteiger charge is 2.16. The van der Waals surface area contributed by atoms with Crippen LogP contribution in [0.1, 0.15) is 0 Å². The third-order valence-corrected chi connectivity index (χ3v) is 12.4. The highest BCUT2D eigenvalue weighted by atomic mass is 15.0. The van der Waals surface area contributed by atoms with E-state index in [9.17, 15) is 0 Å². The van der Waals surface area contributed by atoms with Crippen molar-refractivity contribution in [3.63, 3.8) is 0 Å². The van der Waals surface area contributed by atoms with Gasteiger partial charge in [-0.25, -0.2) is 9.97 Å². The summed E-state index contributed by atoms with van der Waals surface area (Å²) in [5.41, 5.74) is 15.5. The fourth-order valence-electron chi connectivity index (χ4n) is 9.10. The third kappa shape index (κ3) is 6.73. The van der Waals surface area contributed by atoms with Gasteiger partial charge in [-0.05, 0) is 110 Å². The summed E-state index contributed by atoms with van der Waals surface area (Å²) in [6.45, 7) is 0. The van der Waals surface area contributed by atoms with Crippen LogP contribution in [0.25, 0.3) is 116 Å². The van der Waals surface area contributed by atoms with E-state index in [1.54, 1.807) is 0 Å². The lowest BCUT2D eigenvalue weighted by Crippen LogP contribution is -1.96. The molecule has 10 aromatic carbocycles. The van der Waals surface area contributed by atoms with Crippen molar-refractivity contribution in [2.24, 2.45) is 0 Å². The fourth-order valence-corrected chi connectivity index (χ4v) is 9.10. The van der Waals surface area contributed by atoms with E-state index in [-0.39, 0.29) is 0 Å². The summed E-state index contributed by atoms with van der Waals surface area (Å²) < 4.78 is 2.41. The smallest absolute Gasteiger partial charge is 0.160 e. The quantitative estimate of drug-likeness (QED) is 0.161. The molecule has 0 unspecified atom stereocenters. The highest BCUT2D eigenvalue weighted by Crippen LogP contribution is 2.39. The lowest BCUT2D eigenvalue weighted by atomic mass is 9.98. The number of hydrogen-bond donors (Lipinski definition) is 0. The Labute approximate surface area is 365 Å². The van der Waals surface area contributed by atoms with Crippen molar-refractivity contribution in [3.8, 4) is 73.0 Å². The van der Waals surface area contributed by atoms with Gasteiger partial charge < -0.3 is 4.57 Å². The van der Waals surface area contributed by atoms with Crippen LogP contribution < -0.4 is 0 Å². The lowest BCUT2D eigenvalue weighted by molar-refractivity contribution is 1.18. The zero-order chi connectivity index (χ0) is 41.7. The van der Waals surface area contributed by atoms with Gasteiger partial charge in [0.05, 0.1) is 22.4 Å². The molecule has 2 aromatic heterocycles. The summed E-state index contributed by atoms with van der Waals surface area (Å²) in [6.07, 6.45) is 0. The van der Waals surface area contributed by atoms with Crippen LogP contribution in [0.3, 0.4) is 0 Å². The fraction of sp³-hybridized carbons (Fsp3) is 0. The molecule has 0 aliphatic rings. The molecule has 3 nitrogen and oxygen atoms in total. The molecule has 0 atom stereocenters. The van der Waals surface area contributed by atoms with Crippen LogP contribution in [0.2, 0.25) is 0 Å². The lowest BCUT2D eigenvalue weighted by Gasteiger charge is -2.11. The molecular weight excluding hydrogens is 763 g/mol. The monoisotopic (exact) mass is 801 g/mol. The Morgan fingerprint density at radius 2 is 0.635 bits per heavy atom. The minimum Gasteiger partial charge on any atom is -0.309 e. The van der Waals surface area contributed by atoms with E-state index in [1.807, 2.05) is 36.4 Å². The third-order valence-electron chi connectivity index (χ3n) is 12.4. The molecule has 0 radical (unpaired) electrons. The van der Waals surface area contributed by atoms with Gasteiger partial charge in [-0.15, -0.1) is 0 Å². The zero-order valence-electron chi connectivity index (χ0n) is 34.4. The normalized spacial score (nSPS) is 11.5. The van der Waals surface area contributed by atoms with E-state index < -0.39 is 0 Å². The maximum Gasteiger partial charge on any atom is 0.160 e. The predicted octanol–water partition coefficient (Wildman–Crippen LogP) is 15.9. The van der Waals surface area contributed by atoms with Crippen LogP contribution in [-0.4, -0.2) is 14.5 Å². The molecule has 0 bridgehead atoms. The van der Waals surface area contributed by atoms with Crippen molar-refractivity contribution in [2.45, 2.75) is 0 Å². The minimum atomic E-state index is 0.714. The molecular formula is C60H39N3. The van der Waals surface area contributed by atoms with Crippen LogP contribution >= 0.6 is 0 Å². The van der Waals surface area contributed by atoms with Gasteiger partial charge in [-0.1, -0.05) is 182 Å². The van der Waals surface area contributed by atoms with Crippen LogP contribution in [0.5, 0.6) is 0 Å². The first-order valence-electron chi connectivity index (χ1n) is 21.5. The summed E-state index contributed by atoms with van der Waals surface area (Å²) in [5.74, 6) is 0.714. The van der Waals surface area contributed by atoms with E-state index in [4.69, 9.17) is 9.97 Å². The molecule has 0 amide bonds. The summed E-state index contributed by atoms with van der Waals surface area (Å²) in [5, 5.41) is 7.45. The molecule has 0 N–H and O–H groups in total. The summed E-state index contributed by atoms with van der Waals surface area (Å²) in [6, 6.07) is 84.9. The van der Waals surface area contributed by atoms with Crippen molar-refractivity contribution in [3.05, 3.63) is 237 Å². The minimum absolute atomic E-state index is 0.714. The van der Waals surface area contributed by atoms with Crippen molar-refractivity contribution < 1.29 is 0 Å². The first-order valence-corrected chi connectivity index (χ1v) is 21.5. The van der Waals surface area contributed by atoms with Gasteiger partial charge in [-0.3, -0.25) is 0 Å². The predicted molar refractivity (Wildman–Crippen MR) is 264 cm³/mol. The van der Waals surface area contributed by atoms with Crippen molar-refractivity contribution in [2.75, 3.05) is 0 Å². The average molecular weight is 802 g/mol. The summed E-state index contributed by atoms with van der Waals surface area (Å²) >= 11 is 0. The number of fused-ring (bicyclic) bond motifs is 5. The number of hydrogen-bond acceptors (Lipinski definition) is 2. The summed E-state index contributed by atoms with van der Waals surface area (Å²) in [7, 11) is 0. The Morgan fingerprint density at radius 1 is 0.254 bits per heavy atom. The molecule has 0 aliphatic heterocycles. The standard InChI is InChI=1S/C60H39N3/c1-3-13-44(14-4-1)56-39-57(62-60(61-56)46-15-5-2-6-16-46)45-23-19-42(20-24-45)43-27-31-53(32-28-43)63-58-33-29-51(49-25-21-40-11-7-9-17-47(40)35-49)37-54(58)55-38-52(30-34-59(55)63)50-26-22-41-12-8-10-18-48(41)36-50/h1-39H. The van der Waals surface area contributed by atoms with Gasteiger partial charge in [0.2, 0.25) is 0 Å². The maximum atomic E-state index is 5.05. The Morgan fingerprint density at radius 3 is 1.16 bits per heavy atom. The summed E-state index contributed by atoms with van der Waals surface area (Å²) in [4.78, 5) is 10.0. The number of rotatable bonds is 7. The molecule has 2 heterocycles. The molecule has 12 aromatic rings. The van der Waals surface area contributed by atoms with E-state index >= 15 is 0 Å². The number of nitrogens with zero attached hydrogens (tertiary/aromatic N) is 3. The number of benzene rings is 10. The van der Waals surface area contributed by atoms with Crippen LogP contribution in [0.4, 0.5) is 0 Å². The SMILES string of the molecule is c1ccc(-c2cc(-c3ccc(-c4ccc(-n5c6ccc(-c7ccc8ccccc8c7)cc6c6cc(-c7ccc8ccccc8c7)ccc65)cc4)cc3)nc(-c3ccccc3)n2)cc1. The van der Waals surface area contributed by atoms with Gasteiger partial charge in [0.1, 0.15) is 0 Å². The Balaban J connectivity index is 0.924. The second-order valence-electron chi connectivity index (χ2n) is 16.2. The molecule has 0 fully saturated rings. The highest BCUT2D eigenvalue weighted by molar-refractivity contribution is 6.12. The van der Waals surface area contributed by atoms with Crippen LogP contribution in [-0.2, 0) is 0 Å². The largest absolute Gasteiger partial charge is 0.309 e. The van der Waals surface area contributed by atoms with E-state index in [0.29, 0.717) is 5.82 Å². The molecule has 63 heavy (non-hydrogen) atoms. The molecule has 294 valence electrons. The Kier molecular flexibility index (Phi) is 8.83. The van der Waals surface area contributed by atoms with Crippen molar-refractivity contribution >= 4 is 43.4 Å². The van der Waals surface area contributed by atoms with Crippen LogP contribution in [0.15, 0.2) is 237 Å². The van der Waals surface area contributed by atoms with Gasteiger partial charge in [0.15, 0.2) is 5.82 Å². The second kappa shape index (κ2) is 15.3. The Hall–Kier alpha value is -8.40. The first-order chi connectivity index (χ1) is 31.2. The van der Waals surface area contributed by atoms with E-state index in [1.165, 1.54) is 65.6 Å². The Bertz CT molecular complexity index is 3450. The molecule has 0 saturated carbocycles. The molecule has 0 spiro atoms. The first kappa shape index (κ1) is 36.5. The van der Waals surface area contributed by atoms with E-state index in [2.05, 4.69) is 205 Å². The molecule has 0 saturated heterocycles. The maximum absolute atomic E-state index is 5.05.